The van der Waals surface area contributed by atoms with Gasteiger partial charge in [-0.1, -0.05) is 60.7 Å². The van der Waals surface area contributed by atoms with Crippen LogP contribution in [0.15, 0.2) is 60.7 Å². The van der Waals surface area contributed by atoms with E-state index in [1.807, 2.05) is 60.7 Å². The molecule has 28 heavy (non-hydrogen) atoms. The molecule has 0 spiro atoms. The van der Waals surface area contributed by atoms with Gasteiger partial charge in [-0.3, -0.25) is 4.79 Å². The average molecular weight is 384 g/mol. The third kappa shape index (κ3) is 7.90. The van der Waals surface area contributed by atoms with E-state index in [0.29, 0.717) is 12.8 Å². The van der Waals surface area contributed by atoms with Gasteiger partial charge in [0, 0.05) is 0 Å². The maximum Gasteiger partial charge on any atom is 0.407 e. The van der Waals surface area contributed by atoms with Crippen molar-refractivity contribution >= 4 is 18.0 Å². The summed E-state index contributed by atoms with van der Waals surface area (Å²) in [5.41, 5.74) is 1.94. The highest BCUT2D eigenvalue weighted by molar-refractivity contribution is 5.86. The number of carboxylic acids is 1. The number of nitrogens with one attached hydrogen (secondary N) is 2. The molecule has 2 aromatic carbocycles. The molecular formula is C21H24N2O5. The van der Waals surface area contributed by atoms with Gasteiger partial charge in [0.15, 0.2) is 0 Å². The molecule has 7 heteroatoms. The first kappa shape index (κ1) is 21.0. The van der Waals surface area contributed by atoms with E-state index in [-0.39, 0.29) is 13.2 Å². The van der Waals surface area contributed by atoms with Crippen molar-refractivity contribution in [2.75, 3.05) is 6.54 Å². The fourth-order valence-electron chi connectivity index (χ4n) is 2.58. The number of hydrogen-bond acceptors (Lipinski definition) is 4. The van der Waals surface area contributed by atoms with Gasteiger partial charge in [0.25, 0.3) is 0 Å². The highest BCUT2D eigenvalue weighted by atomic mass is 16.5. The second kappa shape index (κ2) is 11.4. The molecule has 148 valence electrons. The van der Waals surface area contributed by atoms with Gasteiger partial charge >= 0.3 is 12.1 Å². The summed E-state index contributed by atoms with van der Waals surface area (Å²) in [6.07, 6.45) is 0.905. The smallest absolute Gasteiger partial charge is 0.407 e. The maximum absolute atomic E-state index is 11.9. The number of aliphatic carboxylic acids is 1. The number of ether oxygens (including phenoxy) is 1. The Balaban J connectivity index is 1.68. The number of benzene rings is 2. The van der Waals surface area contributed by atoms with E-state index in [1.165, 1.54) is 0 Å². The lowest BCUT2D eigenvalue weighted by Gasteiger charge is -2.15. The van der Waals surface area contributed by atoms with Crippen LogP contribution in [0.25, 0.3) is 0 Å². The van der Waals surface area contributed by atoms with Crippen LogP contribution >= 0.6 is 0 Å². The zero-order chi connectivity index (χ0) is 20.2. The fourth-order valence-corrected chi connectivity index (χ4v) is 2.58. The molecule has 0 saturated carbocycles. The van der Waals surface area contributed by atoms with Crippen molar-refractivity contribution in [2.24, 2.45) is 0 Å². The molecule has 0 aliphatic heterocycles. The van der Waals surface area contributed by atoms with E-state index in [0.717, 1.165) is 17.5 Å². The van der Waals surface area contributed by atoms with Crippen LogP contribution in [0, 0.1) is 0 Å². The van der Waals surface area contributed by atoms with Gasteiger partial charge < -0.3 is 20.5 Å². The average Bonchev–Trinajstić information content (AvgIpc) is 2.71. The normalized spacial score (nSPS) is 11.3. The lowest BCUT2D eigenvalue weighted by Crippen LogP contribution is -2.45. The summed E-state index contributed by atoms with van der Waals surface area (Å²) in [7, 11) is 0. The Morgan fingerprint density at radius 2 is 1.54 bits per heavy atom. The molecular weight excluding hydrogens is 360 g/mol. The quantitative estimate of drug-likeness (QED) is 0.584. The van der Waals surface area contributed by atoms with Crippen LogP contribution in [0.4, 0.5) is 4.79 Å². The molecule has 0 aliphatic rings. The molecule has 7 nitrogen and oxygen atoms in total. The summed E-state index contributed by atoms with van der Waals surface area (Å²) in [4.78, 5) is 34.9. The molecule has 3 N–H and O–H groups in total. The molecule has 2 rings (SSSR count). The Bertz CT molecular complexity index is 765. The predicted octanol–water partition coefficient (Wildman–Crippen LogP) is 2.51. The van der Waals surface area contributed by atoms with Gasteiger partial charge in [-0.05, 0) is 30.4 Å². The van der Waals surface area contributed by atoms with E-state index >= 15 is 0 Å². The zero-order valence-electron chi connectivity index (χ0n) is 15.5. The fraction of sp³-hybridized carbons (Fsp3) is 0.286. The minimum atomic E-state index is -1.10. The SMILES string of the molecule is O=C(CNC(=O)OCc1ccccc1)N[C@H](CCCc1ccccc1)C(=O)O. The monoisotopic (exact) mass is 384 g/mol. The molecule has 0 fully saturated rings. The molecule has 0 heterocycles. The van der Waals surface area contributed by atoms with Crippen LogP contribution in [0.5, 0.6) is 0 Å². The molecule has 0 bridgehead atoms. The van der Waals surface area contributed by atoms with Gasteiger partial charge in [0.2, 0.25) is 5.91 Å². The van der Waals surface area contributed by atoms with E-state index in [4.69, 9.17) is 4.74 Å². The van der Waals surface area contributed by atoms with E-state index in [1.54, 1.807) is 0 Å². The van der Waals surface area contributed by atoms with Crippen molar-refractivity contribution in [1.82, 2.24) is 10.6 Å². The zero-order valence-corrected chi connectivity index (χ0v) is 15.5. The Kier molecular flexibility index (Phi) is 8.52. The molecule has 2 aromatic rings. The topological polar surface area (TPSA) is 105 Å². The van der Waals surface area contributed by atoms with Crippen molar-refractivity contribution in [2.45, 2.75) is 31.9 Å². The lowest BCUT2D eigenvalue weighted by molar-refractivity contribution is -0.141. The number of alkyl carbamates (subject to hydrolysis) is 1. The van der Waals surface area contributed by atoms with Crippen LogP contribution in [0.2, 0.25) is 0 Å². The second-order valence-corrected chi connectivity index (χ2v) is 6.25. The molecule has 0 saturated heterocycles. The Labute approximate surface area is 163 Å². The molecule has 2 amide bonds. The molecule has 0 aromatic heterocycles. The van der Waals surface area contributed by atoms with Gasteiger partial charge in [-0.25, -0.2) is 9.59 Å². The van der Waals surface area contributed by atoms with Crippen molar-refractivity contribution in [3.8, 4) is 0 Å². The number of carboxylic acid groups (broad SMARTS) is 1. The number of rotatable bonds is 10. The highest BCUT2D eigenvalue weighted by Gasteiger charge is 2.19. The first-order chi connectivity index (χ1) is 13.5. The van der Waals surface area contributed by atoms with E-state index in [2.05, 4.69) is 10.6 Å². The maximum atomic E-state index is 11.9. The van der Waals surface area contributed by atoms with Crippen molar-refractivity contribution in [3.63, 3.8) is 0 Å². The van der Waals surface area contributed by atoms with Crippen LogP contribution in [0.3, 0.4) is 0 Å². The summed E-state index contributed by atoms with van der Waals surface area (Å²) in [5, 5.41) is 14.0. The van der Waals surface area contributed by atoms with Gasteiger partial charge in [0.05, 0.1) is 0 Å². The van der Waals surface area contributed by atoms with Gasteiger partial charge in [-0.2, -0.15) is 0 Å². The second-order valence-electron chi connectivity index (χ2n) is 6.25. The minimum Gasteiger partial charge on any atom is -0.480 e. The summed E-state index contributed by atoms with van der Waals surface area (Å²) in [6, 6.07) is 17.8. The van der Waals surface area contributed by atoms with Gasteiger partial charge in [0.1, 0.15) is 19.2 Å². The largest absolute Gasteiger partial charge is 0.480 e. The Morgan fingerprint density at radius 1 is 0.929 bits per heavy atom. The number of carbonyl (C=O) groups excluding carboxylic acids is 2. The summed E-state index contributed by atoms with van der Waals surface area (Å²) >= 11 is 0. The number of amides is 2. The highest BCUT2D eigenvalue weighted by Crippen LogP contribution is 2.07. The van der Waals surface area contributed by atoms with E-state index < -0.39 is 24.0 Å². The molecule has 0 unspecified atom stereocenters. The van der Waals surface area contributed by atoms with Crippen molar-refractivity contribution in [1.29, 1.82) is 0 Å². The molecule has 0 radical (unpaired) electrons. The lowest BCUT2D eigenvalue weighted by atomic mass is 10.0. The first-order valence-electron chi connectivity index (χ1n) is 9.05. The van der Waals surface area contributed by atoms with Crippen LogP contribution in [-0.2, 0) is 27.4 Å². The standard InChI is InChI=1S/C21H24N2O5/c24-19(14-22-21(27)28-15-17-10-5-2-6-11-17)23-18(20(25)26)13-7-12-16-8-3-1-4-9-16/h1-6,8-11,18H,7,12-15H2,(H,22,27)(H,23,24)(H,25,26)/t18-/m1/s1. The molecule has 0 aliphatic carbocycles. The van der Waals surface area contributed by atoms with Crippen LogP contribution in [0.1, 0.15) is 24.0 Å². The van der Waals surface area contributed by atoms with E-state index in [9.17, 15) is 19.5 Å². The Hall–Kier alpha value is -3.35. The number of aryl methyl sites for hydroxylation is 1. The first-order valence-corrected chi connectivity index (χ1v) is 9.05. The third-order valence-corrected chi connectivity index (χ3v) is 4.04. The van der Waals surface area contributed by atoms with Crippen LogP contribution < -0.4 is 10.6 Å². The summed E-state index contributed by atoms with van der Waals surface area (Å²) in [6.45, 7) is -0.262. The van der Waals surface area contributed by atoms with Crippen molar-refractivity contribution < 1.29 is 24.2 Å². The summed E-state index contributed by atoms with van der Waals surface area (Å²) < 4.78 is 5.00. The number of carbonyl (C=O) groups is 3. The third-order valence-electron chi connectivity index (χ3n) is 4.04. The number of hydrogen-bond donors (Lipinski definition) is 3. The summed E-state index contributed by atoms with van der Waals surface area (Å²) in [5.74, 6) is -1.68. The van der Waals surface area contributed by atoms with Crippen LogP contribution in [-0.4, -0.2) is 35.7 Å². The molecule has 1 atom stereocenters. The Morgan fingerprint density at radius 3 is 2.14 bits per heavy atom. The minimum absolute atomic E-state index is 0.0888. The van der Waals surface area contributed by atoms with Gasteiger partial charge in [-0.15, -0.1) is 0 Å². The van der Waals surface area contributed by atoms with Crippen molar-refractivity contribution in [3.05, 3.63) is 71.8 Å². The predicted molar refractivity (Wildman–Crippen MR) is 104 cm³/mol.